The van der Waals surface area contributed by atoms with E-state index in [1.807, 2.05) is 0 Å². The lowest BCUT2D eigenvalue weighted by molar-refractivity contribution is 0.0939. The van der Waals surface area contributed by atoms with E-state index in [9.17, 15) is 9.18 Å². The van der Waals surface area contributed by atoms with E-state index in [0.717, 1.165) is 19.3 Å². The molecule has 16 heavy (non-hydrogen) atoms. The van der Waals surface area contributed by atoms with Crippen molar-refractivity contribution < 1.29 is 9.18 Å². The van der Waals surface area contributed by atoms with Crippen LogP contribution in [0.1, 0.15) is 29.6 Å². The summed E-state index contributed by atoms with van der Waals surface area (Å²) in [6.45, 7) is 0. The van der Waals surface area contributed by atoms with Crippen molar-refractivity contribution in [2.24, 2.45) is 0 Å². The predicted octanol–water partition coefficient (Wildman–Crippen LogP) is 2.87. The lowest BCUT2D eigenvalue weighted by atomic mass is 10.2. The van der Waals surface area contributed by atoms with Gasteiger partial charge >= 0.3 is 0 Å². The van der Waals surface area contributed by atoms with Gasteiger partial charge in [0.2, 0.25) is 0 Å². The number of nitrogens with one attached hydrogen (secondary N) is 1. The molecule has 2 rings (SSSR count). The number of carbonyl (C=O) groups excluding carboxylic acids is 1. The van der Waals surface area contributed by atoms with Crippen LogP contribution in [0, 0.1) is 5.82 Å². The van der Waals surface area contributed by atoms with Crippen molar-refractivity contribution >= 4 is 21.8 Å². The number of hydrogen-bond donors (Lipinski definition) is 1. The van der Waals surface area contributed by atoms with Crippen LogP contribution in [0.2, 0.25) is 0 Å². The van der Waals surface area contributed by atoms with Crippen LogP contribution in [0.25, 0.3) is 0 Å². The van der Waals surface area contributed by atoms with Gasteiger partial charge in [-0.2, -0.15) is 0 Å². The van der Waals surface area contributed by atoms with Gasteiger partial charge in [0.25, 0.3) is 5.91 Å². The molecule has 0 bridgehead atoms. The molecule has 0 heterocycles. The van der Waals surface area contributed by atoms with Crippen molar-refractivity contribution in [3.05, 3.63) is 35.6 Å². The van der Waals surface area contributed by atoms with Gasteiger partial charge in [-0.1, -0.05) is 22.4 Å². The first-order valence-electron chi connectivity index (χ1n) is 5.37. The molecule has 0 radical (unpaired) electrons. The smallest absolute Gasteiger partial charge is 0.251 e. The number of halogens is 2. The molecule has 0 aromatic heterocycles. The zero-order valence-electron chi connectivity index (χ0n) is 8.75. The molecule has 1 aromatic carbocycles. The quantitative estimate of drug-likeness (QED) is 0.832. The summed E-state index contributed by atoms with van der Waals surface area (Å²) in [4.78, 5) is 12.2. The Balaban J connectivity index is 2.00. The molecule has 0 aliphatic heterocycles. The summed E-state index contributed by atoms with van der Waals surface area (Å²) in [6, 6.07) is 5.80. The molecule has 1 fully saturated rings. The standard InChI is InChI=1S/C12H13BrFNO/c13-10-2-1-3-11(10)15-12(16)8-4-6-9(14)7-5-8/h4-7,10-11H,1-3H2,(H,15,16)/t10-,11-/m1/s1. The molecule has 2 atom stereocenters. The van der Waals surface area contributed by atoms with Crippen LogP contribution in [0.15, 0.2) is 24.3 Å². The largest absolute Gasteiger partial charge is 0.348 e. The third kappa shape index (κ3) is 2.61. The highest BCUT2D eigenvalue weighted by atomic mass is 79.9. The minimum atomic E-state index is -0.323. The van der Waals surface area contributed by atoms with Crippen molar-refractivity contribution in [2.75, 3.05) is 0 Å². The Bertz CT molecular complexity index is 379. The number of rotatable bonds is 2. The van der Waals surface area contributed by atoms with Crippen LogP contribution in [0.3, 0.4) is 0 Å². The van der Waals surface area contributed by atoms with Crippen molar-refractivity contribution in [3.63, 3.8) is 0 Å². The second-order valence-electron chi connectivity index (χ2n) is 4.03. The fourth-order valence-corrected chi connectivity index (χ4v) is 2.65. The van der Waals surface area contributed by atoms with E-state index in [1.54, 1.807) is 0 Å². The Hall–Kier alpha value is -0.900. The molecule has 1 N–H and O–H groups in total. The van der Waals surface area contributed by atoms with E-state index < -0.39 is 0 Å². The van der Waals surface area contributed by atoms with Crippen LogP contribution in [-0.4, -0.2) is 16.8 Å². The molecule has 1 amide bonds. The summed E-state index contributed by atoms with van der Waals surface area (Å²) in [6.07, 6.45) is 3.22. The minimum Gasteiger partial charge on any atom is -0.348 e. The zero-order valence-corrected chi connectivity index (χ0v) is 10.3. The lowest BCUT2D eigenvalue weighted by Gasteiger charge is -2.15. The van der Waals surface area contributed by atoms with Crippen LogP contribution >= 0.6 is 15.9 Å². The van der Waals surface area contributed by atoms with Crippen LogP contribution in [0.5, 0.6) is 0 Å². The van der Waals surface area contributed by atoms with Gasteiger partial charge in [-0.25, -0.2) is 4.39 Å². The van der Waals surface area contributed by atoms with E-state index in [2.05, 4.69) is 21.2 Å². The third-order valence-corrected chi connectivity index (χ3v) is 3.95. The minimum absolute atomic E-state index is 0.128. The van der Waals surface area contributed by atoms with Gasteiger partial charge in [-0.15, -0.1) is 0 Å². The third-order valence-electron chi connectivity index (χ3n) is 2.85. The SMILES string of the molecule is O=C(N[C@@H]1CCC[C@H]1Br)c1ccc(F)cc1. The molecule has 1 aliphatic rings. The topological polar surface area (TPSA) is 29.1 Å². The monoisotopic (exact) mass is 285 g/mol. The van der Waals surface area contributed by atoms with Gasteiger partial charge in [0.05, 0.1) is 0 Å². The molecule has 0 unspecified atom stereocenters. The predicted molar refractivity (Wildman–Crippen MR) is 64.2 cm³/mol. The average Bonchev–Trinajstić information content (AvgIpc) is 2.65. The summed E-state index contributed by atoms with van der Waals surface area (Å²) in [5.74, 6) is -0.452. The highest BCUT2D eigenvalue weighted by Crippen LogP contribution is 2.25. The summed E-state index contributed by atoms with van der Waals surface area (Å²) in [5.41, 5.74) is 0.507. The Morgan fingerprint density at radius 3 is 2.56 bits per heavy atom. The maximum absolute atomic E-state index is 12.7. The van der Waals surface area contributed by atoms with Crippen molar-refractivity contribution in [2.45, 2.75) is 30.1 Å². The second kappa shape index (κ2) is 4.95. The fourth-order valence-electron chi connectivity index (χ4n) is 1.93. The summed E-state index contributed by atoms with van der Waals surface area (Å²) in [7, 11) is 0. The number of amides is 1. The van der Waals surface area contributed by atoms with E-state index >= 15 is 0 Å². The summed E-state index contributed by atoms with van der Waals surface area (Å²) >= 11 is 3.54. The van der Waals surface area contributed by atoms with Gasteiger partial charge in [0.15, 0.2) is 0 Å². The maximum Gasteiger partial charge on any atom is 0.251 e. The van der Waals surface area contributed by atoms with Crippen molar-refractivity contribution in [3.8, 4) is 0 Å². The van der Waals surface area contributed by atoms with Crippen molar-refractivity contribution in [1.29, 1.82) is 0 Å². The molecule has 0 spiro atoms. The van der Waals surface area contributed by atoms with Crippen LogP contribution in [0.4, 0.5) is 4.39 Å². The van der Waals surface area contributed by atoms with E-state index in [0.29, 0.717) is 10.4 Å². The van der Waals surface area contributed by atoms with Crippen molar-refractivity contribution in [1.82, 2.24) is 5.32 Å². The van der Waals surface area contributed by atoms with Crippen LogP contribution in [-0.2, 0) is 0 Å². The van der Waals surface area contributed by atoms with Gasteiger partial charge in [0.1, 0.15) is 5.82 Å². The number of carbonyl (C=O) groups is 1. The Morgan fingerprint density at radius 2 is 2.00 bits per heavy atom. The van der Waals surface area contributed by atoms with Gasteiger partial charge in [0, 0.05) is 16.4 Å². The molecule has 4 heteroatoms. The number of benzene rings is 1. The molecule has 1 aliphatic carbocycles. The molecule has 1 saturated carbocycles. The number of alkyl halides is 1. The highest BCUT2D eigenvalue weighted by molar-refractivity contribution is 9.09. The maximum atomic E-state index is 12.7. The first-order valence-corrected chi connectivity index (χ1v) is 6.29. The van der Waals surface area contributed by atoms with Gasteiger partial charge in [-0.05, 0) is 37.1 Å². The molecule has 2 nitrogen and oxygen atoms in total. The van der Waals surface area contributed by atoms with Crippen LogP contribution < -0.4 is 5.32 Å². The number of hydrogen-bond acceptors (Lipinski definition) is 1. The Labute approximate surface area is 102 Å². The Kier molecular flexibility index (Phi) is 3.59. The molecular weight excluding hydrogens is 273 g/mol. The molecular formula is C12H13BrFNO. The normalized spacial score (nSPS) is 24.4. The summed E-state index contributed by atoms with van der Waals surface area (Å²) < 4.78 is 12.7. The van der Waals surface area contributed by atoms with Gasteiger partial charge < -0.3 is 5.32 Å². The highest BCUT2D eigenvalue weighted by Gasteiger charge is 2.26. The first kappa shape index (κ1) is 11.6. The van der Waals surface area contributed by atoms with E-state index in [1.165, 1.54) is 24.3 Å². The molecule has 86 valence electrons. The molecule has 1 aromatic rings. The van der Waals surface area contributed by atoms with E-state index in [4.69, 9.17) is 0 Å². The first-order chi connectivity index (χ1) is 7.66. The molecule has 0 saturated heterocycles. The lowest BCUT2D eigenvalue weighted by Crippen LogP contribution is -2.37. The fraction of sp³-hybridized carbons (Fsp3) is 0.417. The Morgan fingerprint density at radius 1 is 1.31 bits per heavy atom. The average molecular weight is 286 g/mol. The second-order valence-corrected chi connectivity index (χ2v) is 5.21. The zero-order chi connectivity index (χ0) is 11.5. The van der Waals surface area contributed by atoms with Gasteiger partial charge in [-0.3, -0.25) is 4.79 Å². The summed E-state index contributed by atoms with van der Waals surface area (Å²) in [5, 5.41) is 2.96. The van der Waals surface area contributed by atoms with E-state index in [-0.39, 0.29) is 17.8 Å².